The van der Waals surface area contributed by atoms with E-state index >= 15 is 0 Å². The molecule has 1 N–H and O–H groups in total. The molecule has 0 saturated carbocycles. The van der Waals surface area contributed by atoms with Crippen LogP contribution in [0, 0.1) is 13.8 Å². The van der Waals surface area contributed by atoms with Crippen LogP contribution in [0.5, 0.6) is 5.88 Å². The Balaban J connectivity index is 1.58. The van der Waals surface area contributed by atoms with E-state index in [1.807, 2.05) is 52.1 Å². The third-order valence-corrected chi connectivity index (χ3v) is 7.43. The maximum atomic E-state index is 12.6. The summed E-state index contributed by atoms with van der Waals surface area (Å²) in [4.78, 5) is 18.8. The smallest absolute Gasteiger partial charge is 0.410 e. The fourth-order valence-electron chi connectivity index (χ4n) is 5.08. The van der Waals surface area contributed by atoms with Crippen molar-refractivity contribution in [1.82, 2.24) is 29.9 Å². The number of methoxy groups -OCH3 is 1. The number of aromatic amines is 1. The molecule has 1 aromatic carbocycles. The number of carbonyl (C=O) groups excluding carboxylic acids is 1. The van der Waals surface area contributed by atoms with Gasteiger partial charge in [0.25, 0.3) is 0 Å². The number of nitrogens with zero attached hydrogens (tertiary/aromatic N) is 5. The SMILES string of the molecule is COc1ccc(-c2nn(C3CCN(C(=O)OC(C)(C)C)CC3)c(C)c2-c2c(Cl)c(C)cc3[nH]ncc23)cn1. The van der Waals surface area contributed by atoms with E-state index in [4.69, 9.17) is 26.2 Å². The average Bonchev–Trinajstić information content (AvgIpc) is 3.48. The predicted octanol–water partition coefficient (Wildman–Crippen LogP) is 6.34. The van der Waals surface area contributed by atoms with Crippen molar-refractivity contribution in [2.75, 3.05) is 20.2 Å². The van der Waals surface area contributed by atoms with Gasteiger partial charge >= 0.3 is 6.09 Å². The number of hydrogen-bond acceptors (Lipinski definition) is 6. The molecule has 0 bridgehead atoms. The molecule has 4 heterocycles. The first kappa shape index (κ1) is 26.0. The highest BCUT2D eigenvalue weighted by Gasteiger charge is 2.31. The standard InChI is InChI=1S/C28H33ClN6O3/c1-16-13-21-20(15-31-32-21)24(25(16)29)23-17(2)35(33-26(23)18-7-8-22(37-6)30-14-18)19-9-11-34(12-10-19)27(36)38-28(3,4)5/h7-8,13-15,19H,9-12H2,1-6H3,(H,31,32). The van der Waals surface area contributed by atoms with E-state index in [2.05, 4.69) is 26.8 Å². The third kappa shape index (κ3) is 4.82. The molecule has 1 saturated heterocycles. The van der Waals surface area contributed by atoms with Crippen molar-refractivity contribution in [3.63, 3.8) is 0 Å². The fourth-order valence-corrected chi connectivity index (χ4v) is 5.33. The van der Waals surface area contributed by atoms with Crippen LogP contribution in [0.25, 0.3) is 33.3 Å². The van der Waals surface area contributed by atoms with Crippen LogP contribution in [0.15, 0.2) is 30.6 Å². The van der Waals surface area contributed by atoms with Gasteiger partial charge in [-0.2, -0.15) is 10.2 Å². The summed E-state index contributed by atoms with van der Waals surface area (Å²) in [5.41, 5.74) is 5.86. The van der Waals surface area contributed by atoms with Gasteiger partial charge in [0.1, 0.15) is 11.3 Å². The molecule has 1 aliphatic rings. The molecule has 4 aromatic rings. The lowest BCUT2D eigenvalue weighted by atomic mass is 9.95. The number of pyridine rings is 1. The van der Waals surface area contributed by atoms with Gasteiger partial charge in [0.15, 0.2) is 0 Å². The zero-order valence-electron chi connectivity index (χ0n) is 22.6. The summed E-state index contributed by atoms with van der Waals surface area (Å²) in [6.07, 6.45) is 4.85. The number of hydrogen-bond donors (Lipinski definition) is 1. The van der Waals surface area contributed by atoms with Gasteiger partial charge in [-0.3, -0.25) is 9.78 Å². The second-order valence-electron chi connectivity index (χ2n) is 10.8. The zero-order valence-corrected chi connectivity index (χ0v) is 23.4. The van der Waals surface area contributed by atoms with Crippen molar-refractivity contribution in [3.8, 4) is 28.3 Å². The molecule has 1 aliphatic heterocycles. The van der Waals surface area contributed by atoms with E-state index in [9.17, 15) is 4.79 Å². The molecule has 1 fully saturated rings. The Morgan fingerprint density at radius 3 is 2.50 bits per heavy atom. The fraction of sp³-hybridized carbons (Fsp3) is 0.429. The number of rotatable bonds is 4. The average molecular weight is 537 g/mol. The molecule has 38 heavy (non-hydrogen) atoms. The van der Waals surface area contributed by atoms with E-state index in [1.165, 1.54) is 0 Å². The number of ether oxygens (including phenoxy) is 2. The number of likely N-dealkylation sites (tertiary alicyclic amines) is 1. The first-order valence-electron chi connectivity index (χ1n) is 12.8. The number of amides is 1. The number of aromatic nitrogens is 5. The minimum absolute atomic E-state index is 0.121. The van der Waals surface area contributed by atoms with Gasteiger partial charge < -0.3 is 14.4 Å². The normalized spacial score (nSPS) is 14.8. The highest BCUT2D eigenvalue weighted by Crippen LogP contribution is 2.44. The second-order valence-corrected chi connectivity index (χ2v) is 11.1. The molecule has 1 amide bonds. The summed E-state index contributed by atoms with van der Waals surface area (Å²) < 4.78 is 12.9. The molecule has 0 aliphatic carbocycles. The van der Waals surface area contributed by atoms with Crippen molar-refractivity contribution < 1.29 is 14.3 Å². The van der Waals surface area contributed by atoms with Gasteiger partial charge in [-0.1, -0.05) is 11.6 Å². The van der Waals surface area contributed by atoms with Crippen molar-refractivity contribution in [2.24, 2.45) is 0 Å². The molecule has 0 radical (unpaired) electrons. The highest BCUT2D eigenvalue weighted by atomic mass is 35.5. The van der Waals surface area contributed by atoms with Crippen molar-refractivity contribution in [1.29, 1.82) is 0 Å². The maximum absolute atomic E-state index is 12.6. The van der Waals surface area contributed by atoms with E-state index in [1.54, 1.807) is 18.2 Å². The minimum atomic E-state index is -0.520. The van der Waals surface area contributed by atoms with Crippen molar-refractivity contribution in [3.05, 3.63) is 46.9 Å². The van der Waals surface area contributed by atoms with Crippen LogP contribution in [0.3, 0.4) is 0 Å². The monoisotopic (exact) mass is 536 g/mol. The molecule has 0 atom stereocenters. The van der Waals surface area contributed by atoms with E-state index < -0.39 is 5.60 Å². The zero-order chi connectivity index (χ0) is 27.2. The third-order valence-electron chi connectivity index (χ3n) is 6.95. The minimum Gasteiger partial charge on any atom is -0.481 e. The van der Waals surface area contributed by atoms with Gasteiger partial charge in [-0.25, -0.2) is 9.78 Å². The molecule has 10 heteroatoms. The van der Waals surface area contributed by atoms with E-state index in [0.29, 0.717) is 24.0 Å². The number of aryl methyl sites for hydroxylation is 1. The lowest BCUT2D eigenvalue weighted by Gasteiger charge is -2.34. The molecule has 200 valence electrons. The van der Waals surface area contributed by atoms with Gasteiger partial charge in [0, 0.05) is 53.1 Å². The maximum Gasteiger partial charge on any atom is 0.410 e. The summed E-state index contributed by atoms with van der Waals surface area (Å²) in [7, 11) is 1.60. The highest BCUT2D eigenvalue weighted by molar-refractivity contribution is 6.36. The van der Waals surface area contributed by atoms with Crippen LogP contribution in [-0.4, -0.2) is 61.8 Å². The summed E-state index contributed by atoms with van der Waals surface area (Å²) in [6, 6.07) is 5.92. The number of H-pyrrole nitrogens is 1. The Morgan fingerprint density at radius 2 is 1.87 bits per heavy atom. The number of nitrogens with one attached hydrogen (secondary N) is 1. The quantitative estimate of drug-likeness (QED) is 0.327. The topological polar surface area (TPSA) is 98.2 Å². The van der Waals surface area contributed by atoms with Gasteiger partial charge in [-0.05, 0) is 65.2 Å². The largest absolute Gasteiger partial charge is 0.481 e. The molecule has 5 rings (SSSR count). The first-order valence-corrected chi connectivity index (χ1v) is 13.1. The van der Waals surface area contributed by atoms with Gasteiger partial charge in [-0.15, -0.1) is 0 Å². The van der Waals surface area contributed by atoms with Crippen LogP contribution in [0.4, 0.5) is 4.79 Å². The molecular formula is C28H33ClN6O3. The second kappa shape index (κ2) is 9.94. The Labute approximate surface area is 227 Å². The Bertz CT molecular complexity index is 1480. The lowest BCUT2D eigenvalue weighted by Crippen LogP contribution is -2.42. The molecular weight excluding hydrogens is 504 g/mol. The van der Waals surface area contributed by atoms with Crippen molar-refractivity contribution >= 4 is 28.6 Å². The van der Waals surface area contributed by atoms with Crippen LogP contribution in [-0.2, 0) is 4.74 Å². The predicted molar refractivity (Wildman–Crippen MR) is 148 cm³/mol. The lowest BCUT2D eigenvalue weighted by molar-refractivity contribution is 0.0184. The number of benzene rings is 1. The summed E-state index contributed by atoms with van der Waals surface area (Å²) in [5.74, 6) is 0.534. The molecule has 9 nitrogen and oxygen atoms in total. The molecule has 3 aromatic heterocycles. The molecule has 0 unspecified atom stereocenters. The summed E-state index contributed by atoms with van der Waals surface area (Å²) in [6.45, 7) is 10.9. The Morgan fingerprint density at radius 1 is 1.13 bits per heavy atom. The van der Waals surface area contributed by atoms with Crippen LogP contribution < -0.4 is 4.74 Å². The Hall–Kier alpha value is -3.59. The number of carbonyl (C=O) groups is 1. The Kier molecular flexibility index (Phi) is 6.81. The van der Waals surface area contributed by atoms with Crippen molar-refractivity contribution in [2.45, 2.75) is 59.1 Å². The van der Waals surface area contributed by atoms with Gasteiger partial charge in [0.2, 0.25) is 5.88 Å². The van der Waals surface area contributed by atoms with E-state index in [0.717, 1.165) is 57.4 Å². The van der Waals surface area contributed by atoms with Gasteiger partial charge in [0.05, 0.1) is 29.9 Å². The number of fused-ring (bicyclic) bond motifs is 1. The number of halogens is 1. The number of piperidine rings is 1. The first-order chi connectivity index (χ1) is 18.1. The van der Waals surface area contributed by atoms with E-state index in [-0.39, 0.29) is 12.1 Å². The van der Waals surface area contributed by atoms with Crippen LogP contribution in [0.1, 0.15) is 50.9 Å². The summed E-state index contributed by atoms with van der Waals surface area (Å²) >= 11 is 6.97. The molecule has 0 spiro atoms. The van der Waals surface area contributed by atoms with Crippen LogP contribution in [0.2, 0.25) is 5.02 Å². The van der Waals surface area contributed by atoms with Crippen LogP contribution >= 0.6 is 11.6 Å². The summed E-state index contributed by atoms with van der Waals surface area (Å²) in [5, 5.41) is 14.1.